The van der Waals surface area contributed by atoms with Gasteiger partial charge in [-0.3, -0.25) is 4.79 Å². The summed E-state index contributed by atoms with van der Waals surface area (Å²) in [5.41, 5.74) is 4.74. The fraction of sp³-hybridized carbons (Fsp3) is 0.316. The first-order valence-corrected chi connectivity index (χ1v) is 7.81. The molecule has 23 heavy (non-hydrogen) atoms. The monoisotopic (exact) mass is 312 g/mol. The SMILES string of the molecule is CCn1c2ccc(C)cc2c2cc(COC=O)ccc21.CNC. The standard InChI is InChI=1S/C17H17NO2.C2H7N/c1-3-18-16-6-4-12(2)8-14(16)15-9-13(10-20-11-19)5-7-17(15)18;1-3-2/h4-9,11H,3,10H2,1-2H3;3H,1-2H3. The van der Waals surface area contributed by atoms with Crippen LogP contribution in [0.25, 0.3) is 21.8 Å². The number of hydrogen-bond donors (Lipinski definition) is 1. The number of rotatable bonds is 4. The summed E-state index contributed by atoms with van der Waals surface area (Å²) in [4.78, 5) is 10.3. The third kappa shape index (κ3) is 3.54. The minimum Gasteiger partial charge on any atom is -0.463 e. The molecule has 0 aliphatic heterocycles. The first-order valence-electron chi connectivity index (χ1n) is 7.81. The summed E-state index contributed by atoms with van der Waals surface area (Å²) in [6, 6.07) is 12.8. The molecule has 4 heteroatoms. The number of aromatic nitrogens is 1. The highest BCUT2D eigenvalue weighted by molar-refractivity contribution is 6.08. The van der Waals surface area contributed by atoms with Crippen LogP contribution in [0.15, 0.2) is 36.4 Å². The van der Waals surface area contributed by atoms with Gasteiger partial charge in [-0.05, 0) is 57.8 Å². The molecule has 0 saturated heterocycles. The summed E-state index contributed by atoms with van der Waals surface area (Å²) in [6.07, 6.45) is 0. The number of hydrogen-bond acceptors (Lipinski definition) is 3. The maximum absolute atomic E-state index is 10.3. The Bertz CT molecular complexity index is 806. The predicted molar refractivity (Wildman–Crippen MR) is 95.7 cm³/mol. The lowest BCUT2D eigenvalue weighted by Gasteiger charge is -2.03. The minimum absolute atomic E-state index is 0.323. The lowest BCUT2D eigenvalue weighted by molar-refractivity contribution is -0.129. The molecule has 0 saturated carbocycles. The van der Waals surface area contributed by atoms with Crippen molar-refractivity contribution < 1.29 is 9.53 Å². The molecule has 0 fully saturated rings. The van der Waals surface area contributed by atoms with Crippen LogP contribution < -0.4 is 5.32 Å². The highest BCUT2D eigenvalue weighted by atomic mass is 16.5. The van der Waals surface area contributed by atoms with E-state index in [9.17, 15) is 4.79 Å². The molecular weight excluding hydrogens is 288 g/mol. The van der Waals surface area contributed by atoms with Crippen LogP contribution in [-0.2, 0) is 22.7 Å². The molecule has 4 nitrogen and oxygen atoms in total. The number of nitrogens with one attached hydrogen (secondary N) is 1. The van der Waals surface area contributed by atoms with E-state index in [0.29, 0.717) is 13.1 Å². The molecule has 1 heterocycles. The molecule has 0 aliphatic carbocycles. The van der Waals surface area contributed by atoms with Crippen molar-refractivity contribution in [2.45, 2.75) is 27.0 Å². The maximum Gasteiger partial charge on any atom is 0.293 e. The summed E-state index contributed by atoms with van der Waals surface area (Å²) in [5.74, 6) is 0. The zero-order chi connectivity index (χ0) is 16.8. The van der Waals surface area contributed by atoms with Crippen molar-refractivity contribution in [2.75, 3.05) is 14.1 Å². The quantitative estimate of drug-likeness (QED) is 0.748. The van der Waals surface area contributed by atoms with Crippen molar-refractivity contribution in [3.8, 4) is 0 Å². The Hall–Kier alpha value is -2.33. The Labute approximate surface area is 137 Å². The van der Waals surface area contributed by atoms with Gasteiger partial charge < -0.3 is 14.6 Å². The van der Waals surface area contributed by atoms with E-state index in [1.54, 1.807) is 0 Å². The van der Waals surface area contributed by atoms with Gasteiger partial charge in [0.1, 0.15) is 6.61 Å². The molecule has 3 aromatic rings. The van der Waals surface area contributed by atoms with Crippen molar-refractivity contribution >= 4 is 28.3 Å². The summed E-state index contributed by atoms with van der Waals surface area (Å²) >= 11 is 0. The smallest absolute Gasteiger partial charge is 0.293 e. The Kier molecular flexibility index (Phi) is 5.77. The van der Waals surface area contributed by atoms with Gasteiger partial charge >= 0.3 is 0 Å². The second-order valence-electron chi connectivity index (χ2n) is 5.52. The highest BCUT2D eigenvalue weighted by Crippen LogP contribution is 2.30. The Morgan fingerprint density at radius 3 is 2.30 bits per heavy atom. The zero-order valence-corrected chi connectivity index (χ0v) is 14.2. The number of carbonyl (C=O) groups excluding carboxylic acids is 1. The van der Waals surface area contributed by atoms with Gasteiger partial charge in [-0.2, -0.15) is 0 Å². The van der Waals surface area contributed by atoms with Crippen LogP contribution in [0, 0.1) is 6.92 Å². The Balaban J connectivity index is 0.000000595. The largest absolute Gasteiger partial charge is 0.463 e. The average molecular weight is 312 g/mol. The van der Waals surface area contributed by atoms with Crippen LogP contribution in [0.2, 0.25) is 0 Å². The molecule has 1 aromatic heterocycles. The zero-order valence-electron chi connectivity index (χ0n) is 14.2. The fourth-order valence-corrected chi connectivity index (χ4v) is 2.83. The van der Waals surface area contributed by atoms with Gasteiger partial charge in [0.15, 0.2) is 0 Å². The van der Waals surface area contributed by atoms with E-state index in [0.717, 1.165) is 12.1 Å². The number of ether oxygens (including phenoxy) is 1. The van der Waals surface area contributed by atoms with E-state index < -0.39 is 0 Å². The van der Waals surface area contributed by atoms with Crippen molar-refractivity contribution in [1.82, 2.24) is 9.88 Å². The predicted octanol–water partition coefficient (Wildman–Crippen LogP) is 3.63. The normalized spacial score (nSPS) is 10.4. The van der Waals surface area contributed by atoms with E-state index in [2.05, 4.69) is 54.1 Å². The number of benzene rings is 2. The number of carbonyl (C=O) groups is 1. The van der Waals surface area contributed by atoms with E-state index >= 15 is 0 Å². The van der Waals surface area contributed by atoms with Crippen LogP contribution in [0.1, 0.15) is 18.1 Å². The third-order valence-electron chi connectivity index (χ3n) is 3.72. The van der Waals surface area contributed by atoms with Crippen molar-refractivity contribution in [1.29, 1.82) is 0 Å². The van der Waals surface area contributed by atoms with Crippen LogP contribution in [-0.4, -0.2) is 25.1 Å². The summed E-state index contributed by atoms with van der Waals surface area (Å²) < 4.78 is 7.16. The Morgan fingerprint density at radius 1 is 1.09 bits per heavy atom. The Morgan fingerprint density at radius 2 is 1.70 bits per heavy atom. The number of fused-ring (bicyclic) bond motifs is 3. The second-order valence-corrected chi connectivity index (χ2v) is 5.52. The van der Waals surface area contributed by atoms with Gasteiger partial charge in [-0.25, -0.2) is 0 Å². The lowest BCUT2D eigenvalue weighted by Crippen LogP contribution is -1.93. The average Bonchev–Trinajstić information content (AvgIpc) is 2.86. The van der Waals surface area contributed by atoms with Gasteiger partial charge in [0, 0.05) is 28.4 Å². The molecule has 3 rings (SSSR count). The number of nitrogens with zero attached hydrogens (tertiary/aromatic N) is 1. The van der Waals surface area contributed by atoms with E-state index in [-0.39, 0.29) is 0 Å². The third-order valence-corrected chi connectivity index (χ3v) is 3.72. The summed E-state index contributed by atoms with van der Waals surface area (Å²) in [5, 5.41) is 5.23. The molecule has 0 bridgehead atoms. The fourth-order valence-electron chi connectivity index (χ4n) is 2.83. The van der Waals surface area contributed by atoms with Crippen LogP contribution in [0.3, 0.4) is 0 Å². The molecule has 0 unspecified atom stereocenters. The minimum atomic E-state index is 0.323. The van der Waals surface area contributed by atoms with Crippen LogP contribution in [0.4, 0.5) is 0 Å². The first-order chi connectivity index (χ1) is 11.2. The van der Waals surface area contributed by atoms with Gasteiger partial charge in [0.25, 0.3) is 6.47 Å². The number of aryl methyl sites for hydroxylation is 2. The van der Waals surface area contributed by atoms with Gasteiger partial charge in [-0.1, -0.05) is 17.7 Å². The molecule has 1 N–H and O–H groups in total. The topological polar surface area (TPSA) is 43.3 Å². The van der Waals surface area contributed by atoms with Crippen molar-refractivity contribution in [3.63, 3.8) is 0 Å². The maximum atomic E-state index is 10.3. The van der Waals surface area contributed by atoms with Gasteiger partial charge in [0.05, 0.1) is 0 Å². The first kappa shape index (κ1) is 17.0. The van der Waals surface area contributed by atoms with E-state index in [1.807, 2.05) is 20.2 Å². The van der Waals surface area contributed by atoms with Gasteiger partial charge in [-0.15, -0.1) is 0 Å². The van der Waals surface area contributed by atoms with Crippen LogP contribution in [0.5, 0.6) is 0 Å². The highest BCUT2D eigenvalue weighted by Gasteiger charge is 2.10. The lowest BCUT2D eigenvalue weighted by atomic mass is 10.1. The van der Waals surface area contributed by atoms with Crippen LogP contribution >= 0.6 is 0 Å². The molecule has 0 radical (unpaired) electrons. The molecule has 2 aromatic carbocycles. The second kappa shape index (κ2) is 7.79. The molecular formula is C19H24N2O2. The molecule has 0 aliphatic rings. The molecule has 0 amide bonds. The van der Waals surface area contributed by atoms with Gasteiger partial charge in [0.2, 0.25) is 0 Å². The summed E-state index contributed by atoms with van der Waals surface area (Å²) in [6.45, 7) is 6.01. The molecule has 0 spiro atoms. The van der Waals surface area contributed by atoms with E-state index in [4.69, 9.17) is 4.74 Å². The molecule has 0 atom stereocenters. The van der Waals surface area contributed by atoms with Crippen molar-refractivity contribution in [3.05, 3.63) is 47.5 Å². The summed E-state index contributed by atoms with van der Waals surface area (Å²) in [7, 11) is 3.75. The van der Waals surface area contributed by atoms with E-state index in [1.165, 1.54) is 27.4 Å². The van der Waals surface area contributed by atoms with Crippen molar-refractivity contribution in [2.24, 2.45) is 0 Å². The molecule has 122 valence electrons.